The third-order valence-corrected chi connectivity index (χ3v) is 3.07. The SMILES string of the molecule is CC1(Cn2[nH]nnc2=S)CCOCC1. The largest absolute Gasteiger partial charge is 0.381 e. The molecule has 1 aliphatic heterocycles. The Balaban J connectivity index is 2.09. The van der Waals surface area contributed by atoms with Crippen LogP contribution in [-0.4, -0.2) is 33.4 Å². The van der Waals surface area contributed by atoms with Gasteiger partial charge in [-0.15, -0.1) is 0 Å². The van der Waals surface area contributed by atoms with Crippen LogP contribution in [0.5, 0.6) is 0 Å². The van der Waals surface area contributed by atoms with Crippen molar-refractivity contribution in [3.05, 3.63) is 4.77 Å². The van der Waals surface area contributed by atoms with Crippen LogP contribution in [0.3, 0.4) is 0 Å². The van der Waals surface area contributed by atoms with Crippen LogP contribution in [0.25, 0.3) is 0 Å². The van der Waals surface area contributed by atoms with Crippen LogP contribution in [0.4, 0.5) is 0 Å². The number of hydrogen-bond donors (Lipinski definition) is 1. The minimum absolute atomic E-state index is 0.255. The van der Waals surface area contributed by atoms with Crippen molar-refractivity contribution in [3.8, 4) is 0 Å². The maximum Gasteiger partial charge on any atom is 0.238 e. The van der Waals surface area contributed by atoms with Gasteiger partial charge in [-0.2, -0.15) is 5.21 Å². The summed E-state index contributed by atoms with van der Waals surface area (Å²) >= 11 is 5.03. The zero-order chi connectivity index (χ0) is 10.0. The predicted octanol–water partition coefficient (Wildman–Crippen LogP) is 1.15. The summed E-state index contributed by atoms with van der Waals surface area (Å²) in [5.74, 6) is 0. The first-order valence-corrected chi connectivity index (χ1v) is 5.16. The van der Waals surface area contributed by atoms with Gasteiger partial charge in [-0.3, -0.25) is 0 Å². The minimum Gasteiger partial charge on any atom is -0.381 e. The van der Waals surface area contributed by atoms with Crippen molar-refractivity contribution in [1.29, 1.82) is 0 Å². The highest BCUT2D eigenvalue weighted by atomic mass is 32.1. The molecule has 5 nitrogen and oxygen atoms in total. The number of H-pyrrole nitrogens is 1. The summed E-state index contributed by atoms with van der Waals surface area (Å²) < 4.78 is 7.68. The van der Waals surface area contributed by atoms with Gasteiger partial charge in [-0.1, -0.05) is 17.2 Å². The molecule has 0 amide bonds. The van der Waals surface area contributed by atoms with Gasteiger partial charge in [-0.05, 0) is 30.5 Å². The maximum atomic E-state index is 5.34. The first kappa shape index (κ1) is 9.79. The zero-order valence-corrected chi connectivity index (χ0v) is 9.01. The average molecular weight is 214 g/mol. The van der Waals surface area contributed by atoms with Crippen molar-refractivity contribution in [2.75, 3.05) is 13.2 Å². The zero-order valence-electron chi connectivity index (χ0n) is 8.19. The number of aromatic nitrogens is 4. The molecule has 2 heterocycles. The Kier molecular flexibility index (Phi) is 2.64. The molecule has 1 aliphatic rings. The van der Waals surface area contributed by atoms with Gasteiger partial charge in [0.2, 0.25) is 4.77 Å². The van der Waals surface area contributed by atoms with Gasteiger partial charge < -0.3 is 4.74 Å². The first-order chi connectivity index (χ1) is 6.70. The van der Waals surface area contributed by atoms with Crippen molar-refractivity contribution in [1.82, 2.24) is 20.2 Å². The summed E-state index contributed by atoms with van der Waals surface area (Å²) in [4.78, 5) is 0. The van der Waals surface area contributed by atoms with Crippen molar-refractivity contribution in [2.24, 2.45) is 5.41 Å². The Hall–Kier alpha value is -0.750. The van der Waals surface area contributed by atoms with Crippen molar-refractivity contribution in [2.45, 2.75) is 26.3 Å². The normalized spacial score (nSPS) is 20.9. The van der Waals surface area contributed by atoms with E-state index in [0.717, 1.165) is 32.6 Å². The number of hydrogen-bond acceptors (Lipinski definition) is 4. The molecule has 0 saturated carbocycles. The van der Waals surface area contributed by atoms with E-state index >= 15 is 0 Å². The summed E-state index contributed by atoms with van der Waals surface area (Å²) in [6, 6.07) is 0. The van der Waals surface area contributed by atoms with E-state index in [1.165, 1.54) is 0 Å². The molecular formula is C8H14N4OS. The predicted molar refractivity (Wildman–Crippen MR) is 53.4 cm³/mol. The molecule has 0 aliphatic carbocycles. The van der Waals surface area contributed by atoms with Crippen LogP contribution < -0.4 is 0 Å². The molecule has 1 N–H and O–H groups in total. The molecule has 1 aromatic rings. The number of ether oxygens (including phenoxy) is 1. The summed E-state index contributed by atoms with van der Waals surface area (Å²) in [5, 5.41) is 10.2. The fraction of sp³-hybridized carbons (Fsp3) is 0.875. The first-order valence-electron chi connectivity index (χ1n) is 4.75. The van der Waals surface area contributed by atoms with Crippen LogP contribution in [0.15, 0.2) is 0 Å². The van der Waals surface area contributed by atoms with Crippen LogP contribution in [0.1, 0.15) is 19.8 Å². The number of nitrogens with zero attached hydrogens (tertiary/aromatic N) is 3. The van der Waals surface area contributed by atoms with Crippen molar-refractivity contribution >= 4 is 12.2 Å². The van der Waals surface area contributed by atoms with Gasteiger partial charge in [0, 0.05) is 19.8 Å². The summed E-state index contributed by atoms with van der Waals surface area (Å²) in [6.45, 7) is 4.77. The number of aromatic amines is 1. The number of nitrogens with one attached hydrogen (secondary N) is 1. The highest BCUT2D eigenvalue weighted by Gasteiger charge is 2.28. The van der Waals surface area contributed by atoms with E-state index in [4.69, 9.17) is 17.0 Å². The Bertz CT molecular complexity index is 352. The van der Waals surface area contributed by atoms with Gasteiger partial charge in [0.25, 0.3) is 0 Å². The lowest BCUT2D eigenvalue weighted by Gasteiger charge is -2.33. The Morgan fingerprint density at radius 3 is 2.86 bits per heavy atom. The maximum absolute atomic E-state index is 5.34. The number of rotatable bonds is 2. The van der Waals surface area contributed by atoms with E-state index in [0.29, 0.717) is 4.77 Å². The van der Waals surface area contributed by atoms with Crippen LogP contribution in [-0.2, 0) is 11.3 Å². The average Bonchev–Trinajstić information content (AvgIpc) is 2.52. The molecule has 1 aromatic heterocycles. The molecule has 78 valence electrons. The monoisotopic (exact) mass is 214 g/mol. The van der Waals surface area contributed by atoms with Crippen LogP contribution in [0, 0.1) is 10.2 Å². The highest BCUT2D eigenvalue weighted by molar-refractivity contribution is 7.71. The molecular weight excluding hydrogens is 200 g/mol. The van der Waals surface area contributed by atoms with E-state index in [1.54, 1.807) is 0 Å². The van der Waals surface area contributed by atoms with Crippen molar-refractivity contribution < 1.29 is 4.74 Å². The Morgan fingerprint density at radius 2 is 2.29 bits per heavy atom. The van der Waals surface area contributed by atoms with Gasteiger partial charge in [0.1, 0.15) is 0 Å². The fourth-order valence-electron chi connectivity index (χ4n) is 1.72. The molecule has 1 saturated heterocycles. The molecule has 0 bridgehead atoms. The highest BCUT2D eigenvalue weighted by Crippen LogP contribution is 2.31. The second kappa shape index (κ2) is 3.78. The molecule has 0 radical (unpaired) electrons. The van der Waals surface area contributed by atoms with Crippen molar-refractivity contribution in [3.63, 3.8) is 0 Å². The van der Waals surface area contributed by atoms with E-state index < -0.39 is 0 Å². The molecule has 0 aromatic carbocycles. The fourth-order valence-corrected chi connectivity index (χ4v) is 1.87. The lowest BCUT2D eigenvalue weighted by Crippen LogP contribution is -2.31. The third kappa shape index (κ3) is 2.01. The second-order valence-electron chi connectivity index (χ2n) is 4.09. The molecule has 1 fully saturated rings. The topological polar surface area (TPSA) is 55.7 Å². The second-order valence-corrected chi connectivity index (χ2v) is 4.46. The van der Waals surface area contributed by atoms with Gasteiger partial charge in [0.05, 0.1) is 0 Å². The number of tetrazole rings is 1. The van der Waals surface area contributed by atoms with Gasteiger partial charge in [0.15, 0.2) is 0 Å². The van der Waals surface area contributed by atoms with Crippen LogP contribution >= 0.6 is 12.2 Å². The van der Waals surface area contributed by atoms with E-state index in [2.05, 4.69) is 22.4 Å². The summed E-state index contributed by atoms with van der Waals surface area (Å²) in [5.41, 5.74) is 0.255. The summed E-state index contributed by atoms with van der Waals surface area (Å²) in [7, 11) is 0. The lowest BCUT2D eigenvalue weighted by atomic mass is 9.82. The van der Waals surface area contributed by atoms with E-state index in [1.807, 2.05) is 4.68 Å². The van der Waals surface area contributed by atoms with E-state index in [-0.39, 0.29) is 5.41 Å². The molecule has 0 spiro atoms. The smallest absolute Gasteiger partial charge is 0.238 e. The van der Waals surface area contributed by atoms with Crippen LogP contribution in [0.2, 0.25) is 0 Å². The minimum atomic E-state index is 0.255. The van der Waals surface area contributed by atoms with Gasteiger partial charge >= 0.3 is 0 Å². The Labute approximate surface area is 87.4 Å². The quantitative estimate of drug-likeness (QED) is 0.750. The molecule has 0 unspecified atom stereocenters. The summed E-state index contributed by atoms with van der Waals surface area (Å²) in [6.07, 6.45) is 2.13. The molecule has 0 atom stereocenters. The molecule has 2 rings (SSSR count). The standard InChI is InChI=1S/C8H14N4OS/c1-8(2-4-13-5-3-8)6-12-7(14)9-10-11-12/h2-6H2,1H3,(H,9,11,14). The lowest BCUT2D eigenvalue weighted by molar-refractivity contribution is 0.0134. The van der Waals surface area contributed by atoms with E-state index in [9.17, 15) is 0 Å². The van der Waals surface area contributed by atoms with Gasteiger partial charge in [-0.25, -0.2) is 4.68 Å². The molecule has 14 heavy (non-hydrogen) atoms. The third-order valence-electron chi connectivity index (χ3n) is 2.77. The molecule has 6 heteroatoms. The Morgan fingerprint density at radius 1 is 1.57 bits per heavy atom.